The average Bonchev–Trinajstić information content (AvgIpc) is 2.89. The lowest BCUT2D eigenvalue weighted by atomic mass is 9.94. The van der Waals surface area contributed by atoms with Crippen LogP contribution >= 0.6 is 0 Å². The topological polar surface area (TPSA) is 158 Å². The third-order valence-electron chi connectivity index (χ3n) is 5.29. The molecule has 4 N–H and O–H groups in total. The highest BCUT2D eigenvalue weighted by atomic mass is 16.6. The molecule has 2 aromatic rings. The van der Waals surface area contributed by atoms with Gasteiger partial charge < -0.3 is 25.3 Å². The van der Waals surface area contributed by atoms with Crippen molar-refractivity contribution in [2.75, 3.05) is 13.2 Å². The van der Waals surface area contributed by atoms with Gasteiger partial charge in [-0.05, 0) is 68.8 Å². The monoisotopic (exact) mass is 521 g/mol. The molecule has 0 radical (unpaired) electrons. The molecular weight excluding hydrogens is 490 g/mol. The summed E-state index contributed by atoms with van der Waals surface area (Å²) in [7, 11) is 0. The van der Waals surface area contributed by atoms with E-state index >= 15 is 0 Å². The number of ether oxygens (including phenoxy) is 3. The Morgan fingerprint density at radius 1 is 0.947 bits per heavy atom. The number of hydrogen-bond donors (Lipinski definition) is 3. The Hall–Kier alpha value is -4.73. The summed E-state index contributed by atoms with van der Waals surface area (Å²) in [5.74, 6) is -2.97. The normalized spacial score (nSPS) is 11.2. The van der Waals surface area contributed by atoms with Gasteiger partial charge in [0.2, 0.25) is 11.4 Å². The molecule has 10 nitrogen and oxygen atoms in total. The van der Waals surface area contributed by atoms with E-state index in [2.05, 4.69) is 11.9 Å². The van der Waals surface area contributed by atoms with E-state index in [1.165, 1.54) is 43.3 Å². The lowest BCUT2D eigenvalue weighted by molar-refractivity contribution is -0.167. The Bertz CT molecular complexity index is 1210. The summed E-state index contributed by atoms with van der Waals surface area (Å²) in [5, 5.41) is 9.87. The van der Waals surface area contributed by atoms with Crippen LogP contribution in [0.1, 0.15) is 48.7 Å². The molecule has 0 aliphatic rings. The van der Waals surface area contributed by atoms with Gasteiger partial charge in [-0.3, -0.25) is 10.2 Å². The van der Waals surface area contributed by atoms with Crippen molar-refractivity contribution in [1.82, 2.24) is 5.32 Å². The number of nitrogens with one attached hydrogen (secondary N) is 2. The number of carbonyl (C=O) groups is 4. The molecule has 2 aromatic carbocycles. The van der Waals surface area contributed by atoms with E-state index in [1.807, 2.05) is 0 Å². The van der Waals surface area contributed by atoms with Gasteiger partial charge in [-0.2, -0.15) is 0 Å². The van der Waals surface area contributed by atoms with E-state index in [-0.39, 0.29) is 36.6 Å². The summed E-state index contributed by atoms with van der Waals surface area (Å²) in [4.78, 5) is 50.8. The molecule has 0 heterocycles. The van der Waals surface area contributed by atoms with Crippen LogP contribution in [0.3, 0.4) is 0 Å². The van der Waals surface area contributed by atoms with Crippen LogP contribution in [0.25, 0.3) is 6.08 Å². The minimum atomic E-state index is -2.07. The van der Waals surface area contributed by atoms with Crippen molar-refractivity contribution < 1.29 is 33.4 Å². The largest absolute Gasteiger partial charge is 0.464 e. The second kappa shape index (κ2) is 13.5. The number of amides is 1. The van der Waals surface area contributed by atoms with Gasteiger partial charge in [0.1, 0.15) is 11.6 Å². The summed E-state index contributed by atoms with van der Waals surface area (Å²) >= 11 is 0. The van der Waals surface area contributed by atoms with Crippen LogP contribution < -0.4 is 15.8 Å². The summed E-state index contributed by atoms with van der Waals surface area (Å²) in [6, 6.07) is 12.5. The molecule has 0 fully saturated rings. The minimum Gasteiger partial charge on any atom is -0.464 e. The van der Waals surface area contributed by atoms with Crippen LogP contribution in [-0.4, -0.2) is 48.4 Å². The van der Waals surface area contributed by atoms with E-state index in [1.54, 1.807) is 38.1 Å². The number of rotatable bonds is 12. The zero-order chi connectivity index (χ0) is 28.3. The highest BCUT2D eigenvalue weighted by molar-refractivity contribution is 6.11. The van der Waals surface area contributed by atoms with Crippen molar-refractivity contribution in [3.8, 4) is 5.75 Å². The molecule has 0 bridgehead atoms. The van der Waals surface area contributed by atoms with Gasteiger partial charge in [0.05, 0.1) is 18.8 Å². The lowest BCUT2D eigenvalue weighted by Gasteiger charge is -2.29. The van der Waals surface area contributed by atoms with Crippen LogP contribution in [0.4, 0.5) is 0 Å². The average molecular weight is 522 g/mol. The van der Waals surface area contributed by atoms with Gasteiger partial charge in [0.25, 0.3) is 0 Å². The Morgan fingerprint density at radius 2 is 1.47 bits per heavy atom. The fourth-order valence-electron chi connectivity index (χ4n) is 3.32. The molecule has 0 aliphatic carbocycles. The first-order valence-corrected chi connectivity index (χ1v) is 11.8. The van der Waals surface area contributed by atoms with Crippen LogP contribution in [-0.2, 0) is 23.9 Å². The molecule has 0 saturated carbocycles. The van der Waals surface area contributed by atoms with Gasteiger partial charge in [-0.15, -0.1) is 6.58 Å². The predicted octanol–water partition coefficient (Wildman–Crippen LogP) is 3.15. The molecule has 0 atom stereocenters. The Labute approximate surface area is 221 Å². The Morgan fingerprint density at radius 3 is 1.95 bits per heavy atom. The molecule has 10 heteroatoms. The summed E-state index contributed by atoms with van der Waals surface area (Å²) in [5.41, 5.74) is 4.90. The number of benzene rings is 2. The fraction of sp³-hybridized carbons (Fsp3) is 0.250. The third-order valence-corrected chi connectivity index (χ3v) is 5.29. The van der Waals surface area contributed by atoms with Crippen molar-refractivity contribution >= 4 is 35.7 Å². The number of carbonyl (C=O) groups excluding carboxylic acids is 4. The van der Waals surface area contributed by atoms with Crippen LogP contribution in [0, 0.1) is 5.41 Å². The summed E-state index contributed by atoms with van der Waals surface area (Å²) in [6.07, 6.45) is 2.63. The van der Waals surface area contributed by atoms with Crippen LogP contribution in [0.15, 0.2) is 66.8 Å². The minimum absolute atomic E-state index is 0.000328. The molecule has 0 aliphatic heterocycles. The number of hydrogen-bond acceptors (Lipinski definition) is 8. The fourth-order valence-corrected chi connectivity index (χ4v) is 3.32. The summed E-state index contributed by atoms with van der Waals surface area (Å²) in [6.45, 7) is 8.25. The molecule has 2 rings (SSSR count). The van der Waals surface area contributed by atoms with Gasteiger partial charge >= 0.3 is 17.9 Å². The Kier molecular flexibility index (Phi) is 10.5. The highest BCUT2D eigenvalue weighted by Gasteiger charge is 2.49. The maximum Gasteiger partial charge on any atom is 0.344 e. The number of amidine groups is 1. The first-order chi connectivity index (χ1) is 18.1. The molecule has 0 spiro atoms. The van der Waals surface area contributed by atoms with Crippen molar-refractivity contribution in [2.45, 2.75) is 32.7 Å². The second-order valence-electron chi connectivity index (χ2n) is 8.07. The number of nitrogens with two attached hydrogens (primary N) is 1. The van der Waals surface area contributed by atoms with Crippen LogP contribution in [0.2, 0.25) is 0 Å². The quantitative estimate of drug-likeness (QED) is 0.0731. The number of esters is 3. The lowest BCUT2D eigenvalue weighted by Crippen LogP contribution is -2.61. The van der Waals surface area contributed by atoms with Gasteiger partial charge in [0.15, 0.2) is 0 Å². The first kappa shape index (κ1) is 29.5. The molecule has 1 amide bonds. The van der Waals surface area contributed by atoms with E-state index in [4.69, 9.17) is 25.4 Å². The maximum atomic E-state index is 13.0. The molecule has 0 unspecified atom stereocenters. The molecule has 0 aromatic heterocycles. The van der Waals surface area contributed by atoms with Gasteiger partial charge in [-0.1, -0.05) is 18.2 Å². The zero-order valence-corrected chi connectivity index (χ0v) is 21.5. The zero-order valence-electron chi connectivity index (χ0n) is 21.5. The first-order valence-electron chi connectivity index (χ1n) is 11.8. The predicted molar refractivity (Wildman–Crippen MR) is 141 cm³/mol. The number of nitrogen functional groups attached to an aromatic ring is 1. The van der Waals surface area contributed by atoms with Crippen molar-refractivity contribution in [1.29, 1.82) is 5.41 Å². The second-order valence-corrected chi connectivity index (χ2v) is 8.07. The van der Waals surface area contributed by atoms with Crippen molar-refractivity contribution in [2.24, 2.45) is 5.73 Å². The van der Waals surface area contributed by atoms with Crippen LogP contribution in [0.5, 0.6) is 5.75 Å². The standard InChI is InChI=1S/C28H31N3O7/c1-5-16-28(26(34)36-6-2,27(35)37-7-3)31-24(32)18(4)17-19-8-10-21(11-9-19)25(33)38-22-14-12-20(13-15-22)23(29)30/h5,8-15,17H,1,6-7,16H2,2-4H3,(H3,29,30)(H,31,32)/b18-17+. The van der Waals surface area contributed by atoms with E-state index in [0.29, 0.717) is 16.9 Å². The highest BCUT2D eigenvalue weighted by Crippen LogP contribution is 2.19. The molecule has 38 heavy (non-hydrogen) atoms. The Balaban J connectivity index is 2.19. The van der Waals surface area contributed by atoms with E-state index < -0.39 is 29.4 Å². The van der Waals surface area contributed by atoms with E-state index in [9.17, 15) is 19.2 Å². The SMILES string of the molecule is C=CCC(NC(=O)/C(C)=C/c1ccc(C(=O)Oc2ccc(C(=N)N)cc2)cc1)(C(=O)OCC)C(=O)OCC. The van der Waals surface area contributed by atoms with Crippen molar-refractivity contribution in [3.63, 3.8) is 0 Å². The van der Waals surface area contributed by atoms with Gasteiger partial charge in [0, 0.05) is 17.6 Å². The smallest absolute Gasteiger partial charge is 0.344 e. The third kappa shape index (κ3) is 7.39. The molecule has 200 valence electrons. The maximum absolute atomic E-state index is 13.0. The van der Waals surface area contributed by atoms with Gasteiger partial charge in [-0.25, -0.2) is 14.4 Å². The van der Waals surface area contributed by atoms with Crippen molar-refractivity contribution in [3.05, 3.63) is 83.4 Å². The molecule has 0 saturated heterocycles. The summed E-state index contributed by atoms with van der Waals surface area (Å²) < 4.78 is 15.4. The van der Waals surface area contributed by atoms with E-state index in [0.717, 1.165) is 0 Å². The molecular formula is C28H31N3O7.